The van der Waals surface area contributed by atoms with Crippen LogP contribution in [0.3, 0.4) is 0 Å². The molecule has 1 N–H and O–H groups in total. The molecular formula is C18H11Cl2FN2O. The number of nitrogens with one attached hydrogen (secondary N) is 1. The predicted molar refractivity (Wildman–Crippen MR) is 94.0 cm³/mol. The summed E-state index contributed by atoms with van der Waals surface area (Å²) in [6, 6.07) is 14.2. The minimum atomic E-state index is -0.421. The van der Waals surface area contributed by atoms with Gasteiger partial charge in [0.25, 0.3) is 5.91 Å². The molecule has 3 nitrogen and oxygen atoms in total. The molecule has 0 aliphatic rings. The van der Waals surface area contributed by atoms with Crippen LogP contribution in [0.5, 0.6) is 0 Å². The van der Waals surface area contributed by atoms with E-state index in [0.717, 1.165) is 5.56 Å². The molecule has 0 spiro atoms. The first-order chi connectivity index (χ1) is 11.5. The Morgan fingerprint density at radius 3 is 2.50 bits per heavy atom. The predicted octanol–water partition coefficient (Wildman–Crippen LogP) is 5.45. The minimum absolute atomic E-state index is 0.102. The van der Waals surface area contributed by atoms with Gasteiger partial charge in [0.15, 0.2) is 0 Å². The van der Waals surface area contributed by atoms with Gasteiger partial charge in [-0.1, -0.05) is 35.3 Å². The Kier molecular flexibility index (Phi) is 4.79. The molecule has 2 aromatic carbocycles. The van der Waals surface area contributed by atoms with E-state index < -0.39 is 11.7 Å². The van der Waals surface area contributed by atoms with E-state index >= 15 is 0 Å². The first-order valence-corrected chi connectivity index (χ1v) is 7.77. The van der Waals surface area contributed by atoms with Crippen LogP contribution in [0.2, 0.25) is 10.2 Å². The molecule has 0 aliphatic heterocycles. The first-order valence-electron chi connectivity index (χ1n) is 7.02. The van der Waals surface area contributed by atoms with Crippen molar-refractivity contribution in [2.24, 2.45) is 0 Å². The highest BCUT2D eigenvalue weighted by atomic mass is 35.5. The normalized spacial score (nSPS) is 10.5. The van der Waals surface area contributed by atoms with Crippen molar-refractivity contribution in [1.29, 1.82) is 0 Å². The summed E-state index contributed by atoms with van der Waals surface area (Å²) in [6.45, 7) is 0. The summed E-state index contributed by atoms with van der Waals surface area (Å²) >= 11 is 11.8. The number of amides is 1. The molecule has 0 saturated carbocycles. The molecule has 0 atom stereocenters. The lowest BCUT2D eigenvalue weighted by Crippen LogP contribution is -2.13. The third kappa shape index (κ3) is 3.55. The zero-order valence-electron chi connectivity index (χ0n) is 12.3. The van der Waals surface area contributed by atoms with Crippen LogP contribution in [-0.2, 0) is 0 Å². The van der Waals surface area contributed by atoms with Gasteiger partial charge in [-0.15, -0.1) is 0 Å². The number of nitrogens with zero attached hydrogens (tertiary/aromatic N) is 1. The van der Waals surface area contributed by atoms with Crippen molar-refractivity contribution in [3.63, 3.8) is 0 Å². The third-order valence-corrected chi connectivity index (χ3v) is 3.94. The number of benzene rings is 2. The molecule has 3 rings (SSSR count). The van der Waals surface area contributed by atoms with Gasteiger partial charge in [0.1, 0.15) is 11.0 Å². The number of hydrogen-bond donors (Lipinski definition) is 1. The van der Waals surface area contributed by atoms with Crippen LogP contribution in [-0.4, -0.2) is 10.9 Å². The van der Waals surface area contributed by atoms with Crippen molar-refractivity contribution in [1.82, 2.24) is 4.98 Å². The fraction of sp³-hybridized carbons (Fsp3) is 0. The molecule has 24 heavy (non-hydrogen) atoms. The summed E-state index contributed by atoms with van der Waals surface area (Å²) in [5.74, 6) is -0.827. The number of carbonyl (C=O) groups excluding carboxylic acids is 1. The molecule has 120 valence electrons. The number of rotatable bonds is 3. The molecule has 0 saturated heterocycles. The Morgan fingerprint density at radius 1 is 1.04 bits per heavy atom. The summed E-state index contributed by atoms with van der Waals surface area (Å²) in [7, 11) is 0. The summed E-state index contributed by atoms with van der Waals surface area (Å²) < 4.78 is 13.7. The van der Waals surface area contributed by atoms with Crippen molar-refractivity contribution < 1.29 is 9.18 Å². The largest absolute Gasteiger partial charge is 0.321 e. The Balaban J connectivity index is 1.98. The van der Waals surface area contributed by atoms with Crippen LogP contribution in [0.25, 0.3) is 11.1 Å². The Labute approximate surface area is 148 Å². The average molecular weight is 361 g/mol. The van der Waals surface area contributed by atoms with E-state index in [1.807, 2.05) is 0 Å². The fourth-order valence-corrected chi connectivity index (χ4v) is 2.57. The van der Waals surface area contributed by atoms with Crippen molar-refractivity contribution in [3.05, 3.63) is 82.4 Å². The van der Waals surface area contributed by atoms with Crippen molar-refractivity contribution in [2.45, 2.75) is 0 Å². The SMILES string of the molecule is O=C(Nc1ccc(F)cc1-c1ccc(Cl)cc1)c1cccnc1Cl. The van der Waals surface area contributed by atoms with Gasteiger partial charge in [-0.3, -0.25) is 4.79 Å². The van der Waals surface area contributed by atoms with Crippen LogP contribution >= 0.6 is 23.2 Å². The van der Waals surface area contributed by atoms with E-state index in [1.54, 1.807) is 36.4 Å². The van der Waals surface area contributed by atoms with Crippen molar-refractivity contribution in [2.75, 3.05) is 5.32 Å². The number of pyridine rings is 1. The van der Waals surface area contributed by atoms with Gasteiger partial charge >= 0.3 is 0 Å². The van der Waals surface area contributed by atoms with E-state index in [2.05, 4.69) is 10.3 Å². The molecule has 0 unspecified atom stereocenters. The topological polar surface area (TPSA) is 42.0 Å². The minimum Gasteiger partial charge on any atom is -0.321 e. The molecule has 0 radical (unpaired) electrons. The maximum Gasteiger partial charge on any atom is 0.258 e. The molecule has 3 aromatic rings. The Morgan fingerprint density at radius 2 is 1.79 bits per heavy atom. The van der Waals surface area contributed by atoms with Gasteiger partial charge in [-0.05, 0) is 48.0 Å². The maximum atomic E-state index is 13.7. The Bertz CT molecular complexity index is 898. The van der Waals surface area contributed by atoms with E-state index in [4.69, 9.17) is 23.2 Å². The molecule has 1 amide bonds. The summed E-state index contributed by atoms with van der Waals surface area (Å²) in [6.07, 6.45) is 1.50. The van der Waals surface area contributed by atoms with Crippen LogP contribution in [0.15, 0.2) is 60.8 Å². The number of aromatic nitrogens is 1. The van der Waals surface area contributed by atoms with Gasteiger partial charge in [0.2, 0.25) is 0 Å². The lowest BCUT2D eigenvalue weighted by atomic mass is 10.0. The van der Waals surface area contributed by atoms with Gasteiger partial charge in [-0.2, -0.15) is 0 Å². The fourth-order valence-electron chi connectivity index (χ4n) is 2.24. The number of anilines is 1. The number of hydrogen-bond acceptors (Lipinski definition) is 2. The van der Waals surface area contributed by atoms with E-state index in [9.17, 15) is 9.18 Å². The standard InChI is InChI=1S/C18H11Cl2FN2O/c19-12-5-3-11(4-6-12)15-10-13(21)7-8-16(15)23-18(24)14-2-1-9-22-17(14)20/h1-10H,(H,23,24). The second-order valence-electron chi connectivity index (χ2n) is 4.99. The molecule has 0 bridgehead atoms. The highest BCUT2D eigenvalue weighted by Crippen LogP contribution is 2.30. The van der Waals surface area contributed by atoms with Crippen molar-refractivity contribution in [3.8, 4) is 11.1 Å². The second kappa shape index (κ2) is 6.99. The monoisotopic (exact) mass is 360 g/mol. The summed E-state index contributed by atoms with van der Waals surface area (Å²) in [5, 5.41) is 3.42. The number of halogens is 3. The lowest BCUT2D eigenvalue weighted by molar-refractivity contribution is 0.102. The van der Waals surface area contributed by atoms with Gasteiger partial charge in [0.05, 0.1) is 5.56 Å². The van der Waals surface area contributed by atoms with Crippen molar-refractivity contribution >= 4 is 34.8 Å². The zero-order chi connectivity index (χ0) is 17.1. The van der Waals surface area contributed by atoms with Gasteiger partial charge in [-0.25, -0.2) is 9.37 Å². The molecular weight excluding hydrogens is 350 g/mol. The maximum absolute atomic E-state index is 13.7. The van der Waals surface area contributed by atoms with Crippen LogP contribution in [0.4, 0.5) is 10.1 Å². The Hall–Kier alpha value is -2.43. The first kappa shape index (κ1) is 16.4. The molecule has 0 aliphatic carbocycles. The van der Waals surface area contributed by atoms with E-state index in [1.165, 1.54) is 24.4 Å². The van der Waals surface area contributed by atoms with Gasteiger partial charge < -0.3 is 5.32 Å². The van der Waals surface area contributed by atoms with Crippen LogP contribution < -0.4 is 5.32 Å². The second-order valence-corrected chi connectivity index (χ2v) is 5.79. The third-order valence-electron chi connectivity index (χ3n) is 3.39. The smallest absolute Gasteiger partial charge is 0.258 e. The van der Waals surface area contributed by atoms with E-state index in [0.29, 0.717) is 16.3 Å². The number of carbonyl (C=O) groups is 1. The lowest BCUT2D eigenvalue weighted by Gasteiger charge is -2.12. The molecule has 1 heterocycles. The molecule has 0 fully saturated rings. The van der Waals surface area contributed by atoms with E-state index in [-0.39, 0.29) is 10.7 Å². The highest BCUT2D eigenvalue weighted by molar-refractivity contribution is 6.33. The average Bonchev–Trinajstić information content (AvgIpc) is 2.57. The van der Waals surface area contributed by atoms with Crippen LogP contribution in [0, 0.1) is 5.82 Å². The summed E-state index contributed by atoms with van der Waals surface area (Å²) in [5.41, 5.74) is 1.97. The van der Waals surface area contributed by atoms with Gasteiger partial charge in [0, 0.05) is 22.5 Å². The molecule has 6 heteroatoms. The van der Waals surface area contributed by atoms with Crippen LogP contribution in [0.1, 0.15) is 10.4 Å². The molecule has 1 aromatic heterocycles. The summed E-state index contributed by atoms with van der Waals surface area (Å²) in [4.78, 5) is 16.3. The zero-order valence-corrected chi connectivity index (χ0v) is 13.8. The quantitative estimate of drug-likeness (QED) is 0.631. The highest BCUT2D eigenvalue weighted by Gasteiger charge is 2.14.